The van der Waals surface area contributed by atoms with Crippen molar-refractivity contribution >= 4 is 11.8 Å². The molecule has 1 N–H and O–H groups in total. The maximum absolute atomic E-state index is 13.6. The van der Waals surface area contributed by atoms with Crippen molar-refractivity contribution in [1.82, 2.24) is 15.2 Å². The zero-order chi connectivity index (χ0) is 13.8. The zero-order valence-electron chi connectivity index (χ0n) is 10.8. The summed E-state index contributed by atoms with van der Waals surface area (Å²) < 4.78 is 26.8. The van der Waals surface area contributed by atoms with Crippen LogP contribution < -0.4 is 0 Å². The number of nitrogens with one attached hydrogen (secondary N) is 1. The normalized spacial score (nSPS) is 12.6. The van der Waals surface area contributed by atoms with E-state index in [1.807, 2.05) is 0 Å². The largest absolute Gasteiger partial charge is 0.262 e. The third-order valence-corrected chi connectivity index (χ3v) is 3.68. The first-order valence-electron chi connectivity index (χ1n) is 6.13. The maximum Gasteiger partial charge on any atom is 0.209 e. The fourth-order valence-electron chi connectivity index (χ4n) is 1.73. The fourth-order valence-corrected chi connectivity index (χ4v) is 2.61. The molecule has 1 unspecified atom stereocenters. The fraction of sp³-hybridized carbons (Fsp3) is 0.385. The van der Waals surface area contributed by atoms with Crippen molar-refractivity contribution < 1.29 is 8.78 Å². The Balaban J connectivity index is 2.11. The number of hydrogen-bond acceptors (Lipinski definition) is 3. The number of nitrogens with zero attached hydrogens (tertiary/aromatic N) is 2. The van der Waals surface area contributed by atoms with Crippen LogP contribution >= 0.6 is 11.8 Å². The quantitative estimate of drug-likeness (QED) is 0.846. The summed E-state index contributed by atoms with van der Waals surface area (Å²) in [6.07, 6.45) is 1.81. The molecular weight excluding hydrogens is 268 g/mol. The van der Waals surface area contributed by atoms with Crippen molar-refractivity contribution in [3.63, 3.8) is 0 Å². The third-order valence-electron chi connectivity index (χ3n) is 2.68. The van der Waals surface area contributed by atoms with E-state index in [0.29, 0.717) is 10.7 Å². The first kappa shape index (κ1) is 14.0. The van der Waals surface area contributed by atoms with Crippen LogP contribution in [0.4, 0.5) is 8.78 Å². The Morgan fingerprint density at radius 2 is 2.16 bits per heavy atom. The highest BCUT2D eigenvalue weighted by Gasteiger charge is 2.15. The Morgan fingerprint density at radius 3 is 2.89 bits per heavy atom. The Bertz CT molecular complexity index is 557. The van der Waals surface area contributed by atoms with Gasteiger partial charge in [-0.05, 0) is 31.5 Å². The Morgan fingerprint density at radius 1 is 1.37 bits per heavy atom. The Kier molecular flexibility index (Phi) is 4.52. The minimum Gasteiger partial charge on any atom is -0.262 e. The molecular formula is C13H15F2N3S. The lowest BCUT2D eigenvalue weighted by molar-refractivity contribution is 0.586. The molecule has 19 heavy (non-hydrogen) atoms. The van der Waals surface area contributed by atoms with E-state index in [2.05, 4.69) is 22.1 Å². The van der Waals surface area contributed by atoms with Crippen LogP contribution in [0.15, 0.2) is 23.4 Å². The molecule has 0 saturated heterocycles. The third kappa shape index (κ3) is 3.53. The monoisotopic (exact) mass is 283 g/mol. The van der Waals surface area contributed by atoms with Gasteiger partial charge in [-0.3, -0.25) is 5.10 Å². The van der Waals surface area contributed by atoms with E-state index in [4.69, 9.17) is 0 Å². The highest BCUT2D eigenvalue weighted by Crippen LogP contribution is 2.34. The van der Waals surface area contributed by atoms with Crippen molar-refractivity contribution in [3.05, 3.63) is 41.2 Å². The predicted molar refractivity (Wildman–Crippen MR) is 71.0 cm³/mol. The van der Waals surface area contributed by atoms with Gasteiger partial charge in [-0.25, -0.2) is 13.8 Å². The van der Waals surface area contributed by atoms with Crippen LogP contribution in [0.5, 0.6) is 0 Å². The molecule has 1 atom stereocenters. The minimum atomic E-state index is -0.439. The van der Waals surface area contributed by atoms with Crippen LogP contribution in [-0.2, 0) is 6.42 Å². The molecule has 0 amide bonds. The molecule has 1 aromatic carbocycles. The predicted octanol–water partition coefficient (Wildman–Crippen LogP) is 3.89. The number of rotatable bonds is 5. The smallest absolute Gasteiger partial charge is 0.209 e. The van der Waals surface area contributed by atoms with Gasteiger partial charge in [0.1, 0.15) is 17.5 Å². The molecule has 0 saturated carbocycles. The number of aryl methyl sites for hydroxylation is 1. The molecule has 0 spiro atoms. The molecule has 0 fully saturated rings. The van der Waals surface area contributed by atoms with E-state index in [1.54, 1.807) is 6.92 Å². The standard InChI is InChI=1S/C13H15F2N3S/c1-3-4-12-16-13(18-17-12)19-8(2)10-7-9(14)5-6-11(10)15/h5-8H,3-4H2,1-2H3,(H,16,17,18). The summed E-state index contributed by atoms with van der Waals surface area (Å²) in [5.74, 6) is -0.0341. The van der Waals surface area contributed by atoms with E-state index in [-0.39, 0.29) is 5.25 Å². The summed E-state index contributed by atoms with van der Waals surface area (Å²) in [6, 6.07) is 3.47. The number of H-pyrrole nitrogens is 1. The lowest BCUT2D eigenvalue weighted by atomic mass is 10.1. The average Bonchev–Trinajstić information content (AvgIpc) is 2.80. The molecule has 2 aromatic rings. The second-order valence-corrected chi connectivity index (χ2v) is 5.55. The highest BCUT2D eigenvalue weighted by atomic mass is 32.2. The van der Waals surface area contributed by atoms with Gasteiger partial charge in [-0.15, -0.1) is 5.10 Å². The number of benzene rings is 1. The van der Waals surface area contributed by atoms with Gasteiger partial charge < -0.3 is 0 Å². The molecule has 102 valence electrons. The van der Waals surface area contributed by atoms with Gasteiger partial charge in [0.2, 0.25) is 5.16 Å². The summed E-state index contributed by atoms with van der Waals surface area (Å²) in [7, 11) is 0. The highest BCUT2D eigenvalue weighted by molar-refractivity contribution is 7.99. The van der Waals surface area contributed by atoms with Crippen LogP contribution in [0, 0.1) is 11.6 Å². The summed E-state index contributed by atoms with van der Waals surface area (Å²) in [4.78, 5) is 4.30. The number of aromatic nitrogens is 3. The van der Waals surface area contributed by atoms with Gasteiger partial charge in [-0.1, -0.05) is 18.7 Å². The van der Waals surface area contributed by atoms with Crippen molar-refractivity contribution in [1.29, 1.82) is 0 Å². The minimum absolute atomic E-state index is 0.249. The molecule has 1 heterocycles. The van der Waals surface area contributed by atoms with Crippen molar-refractivity contribution in [2.45, 2.75) is 37.1 Å². The molecule has 0 aliphatic carbocycles. The van der Waals surface area contributed by atoms with Crippen LogP contribution in [0.3, 0.4) is 0 Å². The summed E-state index contributed by atoms with van der Waals surface area (Å²) in [5.41, 5.74) is 0.326. The van der Waals surface area contributed by atoms with Gasteiger partial charge in [0, 0.05) is 17.2 Å². The second kappa shape index (κ2) is 6.14. The van der Waals surface area contributed by atoms with Crippen LogP contribution in [-0.4, -0.2) is 15.2 Å². The van der Waals surface area contributed by atoms with Gasteiger partial charge >= 0.3 is 0 Å². The summed E-state index contributed by atoms with van der Waals surface area (Å²) >= 11 is 1.31. The molecule has 1 aromatic heterocycles. The van der Waals surface area contributed by atoms with Crippen molar-refractivity contribution in [2.24, 2.45) is 0 Å². The molecule has 3 nitrogen and oxygen atoms in total. The van der Waals surface area contributed by atoms with E-state index < -0.39 is 11.6 Å². The molecule has 6 heteroatoms. The number of halogens is 2. The maximum atomic E-state index is 13.6. The Hall–Kier alpha value is -1.43. The van der Waals surface area contributed by atoms with Gasteiger partial charge in [0.15, 0.2) is 0 Å². The first-order chi connectivity index (χ1) is 9.10. The zero-order valence-corrected chi connectivity index (χ0v) is 11.6. The molecule has 0 aliphatic rings. The van der Waals surface area contributed by atoms with Gasteiger partial charge in [-0.2, -0.15) is 0 Å². The first-order valence-corrected chi connectivity index (χ1v) is 7.01. The summed E-state index contributed by atoms with van der Waals surface area (Å²) in [6.45, 7) is 3.86. The lowest BCUT2D eigenvalue weighted by Gasteiger charge is -2.10. The van der Waals surface area contributed by atoms with E-state index in [1.165, 1.54) is 17.8 Å². The topological polar surface area (TPSA) is 41.6 Å². The lowest BCUT2D eigenvalue weighted by Crippen LogP contribution is -1.95. The van der Waals surface area contributed by atoms with Crippen LogP contribution in [0.2, 0.25) is 0 Å². The van der Waals surface area contributed by atoms with E-state index in [0.717, 1.165) is 30.8 Å². The van der Waals surface area contributed by atoms with Gasteiger partial charge in [0.05, 0.1) is 0 Å². The molecule has 0 aliphatic heterocycles. The number of aromatic amines is 1. The molecule has 0 radical (unpaired) electrons. The number of thioether (sulfide) groups is 1. The van der Waals surface area contributed by atoms with Gasteiger partial charge in [0.25, 0.3) is 0 Å². The van der Waals surface area contributed by atoms with E-state index in [9.17, 15) is 8.78 Å². The SMILES string of the molecule is CCCc1nc(SC(C)c2cc(F)ccc2F)n[nH]1. The van der Waals surface area contributed by atoms with Crippen molar-refractivity contribution in [2.75, 3.05) is 0 Å². The molecule has 0 bridgehead atoms. The van der Waals surface area contributed by atoms with Crippen molar-refractivity contribution in [3.8, 4) is 0 Å². The molecule has 2 rings (SSSR count). The van der Waals surface area contributed by atoms with E-state index >= 15 is 0 Å². The van der Waals surface area contributed by atoms with Crippen LogP contribution in [0.25, 0.3) is 0 Å². The van der Waals surface area contributed by atoms with Crippen LogP contribution in [0.1, 0.15) is 36.9 Å². The number of hydrogen-bond donors (Lipinski definition) is 1. The second-order valence-electron chi connectivity index (χ2n) is 4.24. The average molecular weight is 283 g/mol. The Labute approximate surface area is 114 Å². The summed E-state index contributed by atoms with van der Waals surface area (Å²) in [5, 5.41) is 7.21.